The molecule has 6 N–H and O–H groups in total. The van der Waals surface area contributed by atoms with Crippen LogP contribution in [0.4, 0.5) is 0 Å². The predicted octanol–water partition coefficient (Wildman–Crippen LogP) is -0.647. The van der Waals surface area contributed by atoms with E-state index < -0.39 is 35.8 Å². The second-order valence-electron chi connectivity index (χ2n) is 4.96. The van der Waals surface area contributed by atoms with Gasteiger partial charge in [0.15, 0.2) is 0 Å². The first kappa shape index (κ1) is 16.9. The van der Waals surface area contributed by atoms with Crippen molar-refractivity contribution in [2.75, 3.05) is 6.61 Å². The van der Waals surface area contributed by atoms with Crippen LogP contribution in [0.1, 0.15) is 10.5 Å². The molecule has 0 radical (unpaired) electrons. The third-order valence-electron chi connectivity index (χ3n) is 3.39. The lowest BCUT2D eigenvalue weighted by molar-refractivity contribution is -0.116. The number of aromatic amines is 1. The molecule has 0 aliphatic heterocycles. The fourth-order valence-corrected chi connectivity index (χ4v) is 2.29. The number of nitrogens with one attached hydrogen (secondary N) is 1. The van der Waals surface area contributed by atoms with Crippen LogP contribution in [-0.4, -0.2) is 66.3 Å². The van der Waals surface area contributed by atoms with Crippen LogP contribution in [0.2, 0.25) is 0 Å². The molecular weight excluding hydrogens is 314 g/mol. The average molecular weight is 330 g/mol. The number of aliphatic hydroxyl groups excluding tert-OH is 4. The summed E-state index contributed by atoms with van der Waals surface area (Å²) < 4.78 is 0. The van der Waals surface area contributed by atoms with E-state index in [0.717, 1.165) is 0 Å². The lowest BCUT2D eigenvalue weighted by atomic mass is 9.98. The van der Waals surface area contributed by atoms with Crippen molar-refractivity contribution in [1.29, 1.82) is 0 Å². The Morgan fingerprint density at radius 3 is 2.50 bits per heavy atom. The standard InChI is InChI=1S/C14H16ClNO6/c15-14(22,13(21)11(19)10(18)6-17)12(20)9-5-7-3-1-2-4-8(7)16-9/h1-5,10-11,13,16-19,21-22H,6H2/t10-,11-,13+,14+/m1/s1. The summed E-state index contributed by atoms with van der Waals surface area (Å²) in [5.41, 5.74) is 0.562. The molecule has 1 aromatic heterocycles. The number of carbonyl (C=O) groups is 1. The van der Waals surface area contributed by atoms with Crippen molar-refractivity contribution in [1.82, 2.24) is 4.98 Å². The molecular formula is C14H16ClNO6. The Bertz CT molecular complexity index is 637. The summed E-state index contributed by atoms with van der Waals surface area (Å²) in [6.07, 6.45) is -5.95. The lowest BCUT2D eigenvalue weighted by Gasteiger charge is -2.30. The first-order valence-electron chi connectivity index (χ1n) is 6.48. The van der Waals surface area contributed by atoms with Gasteiger partial charge in [-0.05, 0) is 12.1 Å². The van der Waals surface area contributed by atoms with Gasteiger partial charge in [0, 0.05) is 10.9 Å². The van der Waals surface area contributed by atoms with E-state index in [-0.39, 0.29) is 5.69 Å². The van der Waals surface area contributed by atoms with Gasteiger partial charge in [-0.1, -0.05) is 29.8 Å². The van der Waals surface area contributed by atoms with Gasteiger partial charge in [0.1, 0.15) is 18.3 Å². The molecule has 2 aromatic rings. The highest BCUT2D eigenvalue weighted by molar-refractivity contribution is 6.37. The van der Waals surface area contributed by atoms with Crippen LogP contribution in [0.5, 0.6) is 0 Å². The van der Waals surface area contributed by atoms with Gasteiger partial charge in [0.25, 0.3) is 0 Å². The van der Waals surface area contributed by atoms with E-state index in [2.05, 4.69) is 4.98 Å². The highest BCUT2D eigenvalue weighted by Crippen LogP contribution is 2.27. The summed E-state index contributed by atoms with van der Waals surface area (Å²) in [6.45, 7) is -0.869. The van der Waals surface area contributed by atoms with E-state index in [1.807, 2.05) is 0 Å². The van der Waals surface area contributed by atoms with Gasteiger partial charge in [0.05, 0.1) is 12.3 Å². The number of hydrogen-bond acceptors (Lipinski definition) is 6. The van der Waals surface area contributed by atoms with Crippen LogP contribution in [0, 0.1) is 0 Å². The Balaban J connectivity index is 2.29. The molecule has 1 aromatic carbocycles. The summed E-state index contributed by atoms with van der Waals surface area (Å²) in [5.74, 6) is -1.07. The number of para-hydroxylation sites is 1. The topological polar surface area (TPSA) is 134 Å². The van der Waals surface area contributed by atoms with E-state index in [0.29, 0.717) is 10.9 Å². The molecule has 0 spiro atoms. The number of ketones is 1. The smallest absolute Gasteiger partial charge is 0.232 e. The van der Waals surface area contributed by atoms with E-state index in [1.54, 1.807) is 24.3 Å². The summed E-state index contributed by atoms with van der Waals surface area (Å²) in [5, 5.41) is 45.3. The molecule has 0 saturated heterocycles. The molecule has 0 fully saturated rings. The summed E-state index contributed by atoms with van der Waals surface area (Å²) in [4.78, 5) is 15.0. The third kappa shape index (κ3) is 3.00. The quantitative estimate of drug-likeness (QED) is 0.308. The molecule has 0 saturated carbocycles. The van der Waals surface area contributed by atoms with Crippen LogP contribution in [0.3, 0.4) is 0 Å². The minimum atomic E-state index is -2.86. The second kappa shape index (κ2) is 6.33. The Kier molecular flexibility index (Phi) is 4.86. The number of rotatable bonds is 6. The number of alkyl halides is 1. The fraction of sp³-hybridized carbons (Fsp3) is 0.357. The molecule has 2 rings (SSSR count). The monoisotopic (exact) mass is 329 g/mol. The molecule has 0 aliphatic rings. The molecule has 120 valence electrons. The zero-order chi connectivity index (χ0) is 16.5. The van der Waals surface area contributed by atoms with E-state index in [9.17, 15) is 25.2 Å². The number of benzene rings is 1. The van der Waals surface area contributed by atoms with Crippen LogP contribution >= 0.6 is 11.6 Å². The molecule has 0 bridgehead atoms. The number of carbonyl (C=O) groups excluding carboxylic acids is 1. The molecule has 0 amide bonds. The first-order valence-corrected chi connectivity index (χ1v) is 6.85. The molecule has 1 heterocycles. The number of aliphatic hydroxyl groups is 5. The number of Topliss-reactive ketones (excluding diaryl/α,β-unsaturated/α-hetero) is 1. The van der Waals surface area contributed by atoms with Gasteiger partial charge in [-0.15, -0.1) is 0 Å². The van der Waals surface area contributed by atoms with Crippen LogP contribution in [0.25, 0.3) is 10.9 Å². The molecule has 4 atom stereocenters. The Morgan fingerprint density at radius 1 is 1.27 bits per heavy atom. The Morgan fingerprint density at radius 2 is 1.91 bits per heavy atom. The van der Waals surface area contributed by atoms with Crippen LogP contribution in [-0.2, 0) is 0 Å². The zero-order valence-electron chi connectivity index (χ0n) is 11.3. The van der Waals surface area contributed by atoms with Gasteiger partial charge in [-0.2, -0.15) is 0 Å². The number of H-pyrrole nitrogens is 1. The molecule has 8 heteroatoms. The maximum atomic E-state index is 12.3. The number of hydrogen-bond donors (Lipinski definition) is 6. The van der Waals surface area contributed by atoms with Crippen molar-refractivity contribution >= 4 is 28.3 Å². The number of aromatic nitrogens is 1. The third-order valence-corrected chi connectivity index (χ3v) is 3.78. The predicted molar refractivity (Wildman–Crippen MR) is 78.5 cm³/mol. The minimum absolute atomic E-state index is 0.0663. The molecule has 7 nitrogen and oxygen atoms in total. The van der Waals surface area contributed by atoms with Gasteiger partial charge in [0.2, 0.25) is 10.8 Å². The first-order chi connectivity index (χ1) is 10.3. The normalized spacial score (nSPS) is 18.6. The number of halogens is 1. The summed E-state index contributed by atoms with van der Waals surface area (Å²) in [7, 11) is 0. The van der Waals surface area contributed by atoms with Crippen molar-refractivity contribution in [3.63, 3.8) is 0 Å². The largest absolute Gasteiger partial charge is 0.394 e. The Hall–Kier alpha value is -1.48. The second-order valence-corrected chi connectivity index (χ2v) is 5.53. The molecule has 0 unspecified atom stereocenters. The minimum Gasteiger partial charge on any atom is -0.394 e. The molecule has 0 aliphatic carbocycles. The van der Waals surface area contributed by atoms with E-state index >= 15 is 0 Å². The van der Waals surface area contributed by atoms with Crippen molar-refractivity contribution in [2.45, 2.75) is 23.4 Å². The Labute approximate surface area is 130 Å². The maximum Gasteiger partial charge on any atom is 0.232 e. The van der Waals surface area contributed by atoms with Gasteiger partial charge < -0.3 is 30.5 Å². The van der Waals surface area contributed by atoms with Crippen LogP contribution in [0.15, 0.2) is 30.3 Å². The number of fused-ring (bicyclic) bond motifs is 1. The van der Waals surface area contributed by atoms with Gasteiger partial charge >= 0.3 is 0 Å². The molecule has 22 heavy (non-hydrogen) atoms. The van der Waals surface area contributed by atoms with Crippen molar-refractivity contribution in [2.24, 2.45) is 0 Å². The lowest BCUT2D eigenvalue weighted by Crippen LogP contribution is -2.54. The highest BCUT2D eigenvalue weighted by Gasteiger charge is 2.47. The van der Waals surface area contributed by atoms with Crippen molar-refractivity contribution in [3.05, 3.63) is 36.0 Å². The fourth-order valence-electron chi connectivity index (χ4n) is 2.06. The average Bonchev–Trinajstić information content (AvgIpc) is 2.95. The summed E-state index contributed by atoms with van der Waals surface area (Å²) in [6, 6.07) is 8.38. The van der Waals surface area contributed by atoms with E-state index in [1.165, 1.54) is 6.07 Å². The SMILES string of the molecule is O=C(c1cc2ccccc2[nH]1)[C@@](O)(Cl)[C@@H](O)[C@H](O)[C@H](O)CO. The van der Waals surface area contributed by atoms with Gasteiger partial charge in [-0.3, -0.25) is 4.79 Å². The maximum absolute atomic E-state index is 12.3. The van der Waals surface area contributed by atoms with Crippen LogP contribution < -0.4 is 0 Å². The highest BCUT2D eigenvalue weighted by atomic mass is 35.5. The van der Waals surface area contributed by atoms with Gasteiger partial charge in [-0.25, -0.2) is 0 Å². The van der Waals surface area contributed by atoms with E-state index in [4.69, 9.17) is 16.7 Å². The van der Waals surface area contributed by atoms with Crippen molar-refractivity contribution < 1.29 is 30.3 Å². The summed E-state index contributed by atoms with van der Waals surface area (Å²) >= 11 is 5.68. The zero-order valence-corrected chi connectivity index (χ0v) is 12.1. The van der Waals surface area contributed by atoms with Crippen molar-refractivity contribution in [3.8, 4) is 0 Å².